The van der Waals surface area contributed by atoms with Gasteiger partial charge in [-0.2, -0.15) is 0 Å². The van der Waals surface area contributed by atoms with Crippen LogP contribution in [-0.2, 0) is 19.6 Å². The second-order valence-electron chi connectivity index (χ2n) is 6.22. The number of nitrogens with one attached hydrogen (secondary N) is 2. The minimum absolute atomic E-state index is 0.0833. The van der Waals surface area contributed by atoms with E-state index in [1.807, 2.05) is 0 Å². The summed E-state index contributed by atoms with van der Waals surface area (Å²) in [5, 5.41) is 6.27. The molecule has 0 saturated carbocycles. The predicted molar refractivity (Wildman–Crippen MR) is 99.4 cm³/mol. The number of rotatable bonds is 8. The first-order valence-electron chi connectivity index (χ1n) is 8.29. The summed E-state index contributed by atoms with van der Waals surface area (Å²) in [5.41, 5.74) is 0. The molecule has 0 unspecified atom stereocenters. The first-order chi connectivity index (χ1) is 12.2. The molecule has 0 spiro atoms. The number of aromatic nitrogens is 1. The number of anilines is 1. The monoisotopic (exact) mass is 404 g/mol. The molecule has 26 heavy (non-hydrogen) atoms. The number of aryl methyl sites for hydroxylation is 1. The van der Waals surface area contributed by atoms with E-state index in [1.54, 1.807) is 17.9 Å². The van der Waals surface area contributed by atoms with Crippen LogP contribution in [0.15, 0.2) is 10.6 Å². The fourth-order valence-electron chi connectivity index (χ4n) is 2.71. The number of likely N-dealkylation sites (tertiary alicyclic amines) is 1. The highest BCUT2D eigenvalue weighted by Gasteiger charge is 2.27. The number of piperidine rings is 1. The van der Waals surface area contributed by atoms with Gasteiger partial charge in [-0.1, -0.05) is 5.16 Å². The van der Waals surface area contributed by atoms with Crippen molar-refractivity contribution in [3.05, 3.63) is 11.8 Å². The van der Waals surface area contributed by atoms with Gasteiger partial charge in [0.2, 0.25) is 21.8 Å². The Kier molecular flexibility index (Phi) is 7.47. The highest BCUT2D eigenvalue weighted by molar-refractivity contribution is 8.00. The van der Waals surface area contributed by atoms with Gasteiger partial charge in [0.05, 0.1) is 17.8 Å². The molecule has 2 amide bonds. The standard InChI is InChI=1S/C15H24N4O5S2/c1-11-7-13(18-24-11)17-14(20)9-25-10-15(21)19-6-4-3-5-12(19)8-16-26(2,22)23/h7,12,16H,3-6,8-10H2,1-2H3,(H,17,18,20)/t12-/m0/s1. The normalized spacial score (nSPS) is 17.9. The first-order valence-corrected chi connectivity index (χ1v) is 11.3. The third kappa shape index (κ3) is 6.96. The maximum atomic E-state index is 12.4. The van der Waals surface area contributed by atoms with Crippen LogP contribution < -0.4 is 10.0 Å². The average Bonchev–Trinajstić information content (AvgIpc) is 2.97. The highest BCUT2D eigenvalue weighted by atomic mass is 32.2. The Labute approximate surface area is 157 Å². The number of hydrogen-bond donors (Lipinski definition) is 2. The van der Waals surface area contributed by atoms with E-state index in [-0.39, 0.29) is 35.9 Å². The van der Waals surface area contributed by atoms with Crippen LogP contribution in [0, 0.1) is 6.92 Å². The molecule has 11 heteroatoms. The predicted octanol–water partition coefficient (Wildman–Crippen LogP) is 0.585. The minimum atomic E-state index is -3.29. The SMILES string of the molecule is Cc1cc(NC(=O)CSCC(=O)N2CCCC[C@H]2CNS(C)(=O)=O)no1. The zero-order valence-corrected chi connectivity index (χ0v) is 16.5. The molecule has 0 aliphatic carbocycles. The van der Waals surface area contributed by atoms with Crippen molar-refractivity contribution in [3.8, 4) is 0 Å². The van der Waals surface area contributed by atoms with Crippen LogP contribution in [0.1, 0.15) is 25.0 Å². The zero-order chi connectivity index (χ0) is 19.2. The molecule has 1 aliphatic rings. The first kappa shape index (κ1) is 20.7. The molecule has 146 valence electrons. The molecular weight excluding hydrogens is 380 g/mol. The largest absolute Gasteiger partial charge is 0.360 e. The second-order valence-corrected chi connectivity index (χ2v) is 9.04. The quantitative estimate of drug-likeness (QED) is 0.650. The summed E-state index contributed by atoms with van der Waals surface area (Å²) in [7, 11) is -3.29. The number of thioether (sulfide) groups is 1. The van der Waals surface area contributed by atoms with Crippen molar-refractivity contribution in [3.63, 3.8) is 0 Å². The summed E-state index contributed by atoms with van der Waals surface area (Å²) in [6, 6.07) is 1.47. The number of nitrogens with zero attached hydrogens (tertiary/aromatic N) is 2. The van der Waals surface area contributed by atoms with Gasteiger partial charge in [-0.3, -0.25) is 9.59 Å². The van der Waals surface area contributed by atoms with Gasteiger partial charge in [0.1, 0.15) is 5.76 Å². The molecule has 2 N–H and O–H groups in total. The van der Waals surface area contributed by atoms with Gasteiger partial charge in [-0.05, 0) is 26.2 Å². The molecule has 9 nitrogen and oxygen atoms in total. The molecule has 2 rings (SSSR count). The molecule has 0 bridgehead atoms. The average molecular weight is 405 g/mol. The summed E-state index contributed by atoms with van der Waals surface area (Å²) >= 11 is 1.21. The fourth-order valence-corrected chi connectivity index (χ4v) is 3.90. The third-order valence-corrected chi connectivity index (χ3v) is 5.49. The van der Waals surface area contributed by atoms with E-state index < -0.39 is 10.0 Å². The maximum absolute atomic E-state index is 12.4. The summed E-state index contributed by atoms with van der Waals surface area (Å²) in [4.78, 5) is 26.0. The number of carbonyl (C=O) groups excluding carboxylic acids is 2. The Morgan fingerprint density at radius 3 is 2.81 bits per heavy atom. The van der Waals surface area contributed by atoms with Gasteiger partial charge in [0.25, 0.3) is 0 Å². The van der Waals surface area contributed by atoms with Gasteiger partial charge in [-0.25, -0.2) is 13.1 Å². The van der Waals surface area contributed by atoms with E-state index in [9.17, 15) is 18.0 Å². The van der Waals surface area contributed by atoms with Gasteiger partial charge >= 0.3 is 0 Å². The topological polar surface area (TPSA) is 122 Å². The van der Waals surface area contributed by atoms with Crippen molar-refractivity contribution in [1.29, 1.82) is 0 Å². The summed E-state index contributed by atoms with van der Waals surface area (Å²) < 4.78 is 29.9. The molecule has 0 aromatic carbocycles. The Hall–Kier alpha value is -1.59. The van der Waals surface area contributed by atoms with Gasteiger partial charge < -0.3 is 14.7 Å². The molecule has 0 radical (unpaired) electrons. The van der Waals surface area contributed by atoms with E-state index >= 15 is 0 Å². The van der Waals surface area contributed by atoms with Crippen LogP contribution in [0.4, 0.5) is 5.82 Å². The van der Waals surface area contributed by atoms with Crippen LogP contribution in [0.3, 0.4) is 0 Å². The molecule has 1 aromatic rings. The fraction of sp³-hybridized carbons (Fsp3) is 0.667. The van der Waals surface area contributed by atoms with Crippen molar-refractivity contribution >= 4 is 39.4 Å². The van der Waals surface area contributed by atoms with Gasteiger partial charge in [-0.15, -0.1) is 11.8 Å². The van der Waals surface area contributed by atoms with Gasteiger partial charge in [0, 0.05) is 25.2 Å². The van der Waals surface area contributed by atoms with Crippen LogP contribution in [-0.4, -0.2) is 67.2 Å². The molecule has 1 aromatic heterocycles. The zero-order valence-electron chi connectivity index (χ0n) is 14.9. The van der Waals surface area contributed by atoms with Crippen LogP contribution in [0.2, 0.25) is 0 Å². The second kappa shape index (κ2) is 9.38. The van der Waals surface area contributed by atoms with Crippen molar-refractivity contribution in [2.45, 2.75) is 32.2 Å². The van der Waals surface area contributed by atoms with Crippen LogP contribution in [0.5, 0.6) is 0 Å². The molecule has 1 saturated heterocycles. The molecule has 1 atom stereocenters. The van der Waals surface area contributed by atoms with E-state index in [2.05, 4.69) is 15.2 Å². The van der Waals surface area contributed by atoms with Crippen molar-refractivity contribution in [1.82, 2.24) is 14.8 Å². The Bertz CT molecular complexity index is 734. The lowest BCUT2D eigenvalue weighted by Gasteiger charge is -2.35. The molecule has 1 fully saturated rings. The van der Waals surface area contributed by atoms with E-state index in [0.717, 1.165) is 25.5 Å². The number of amides is 2. The Balaban J connectivity index is 1.76. The lowest BCUT2D eigenvalue weighted by Crippen LogP contribution is -2.50. The van der Waals surface area contributed by atoms with Crippen LogP contribution >= 0.6 is 11.8 Å². The smallest absolute Gasteiger partial charge is 0.235 e. The summed E-state index contributed by atoms with van der Waals surface area (Å²) in [5.74, 6) is 0.896. The minimum Gasteiger partial charge on any atom is -0.360 e. The number of carbonyl (C=O) groups is 2. The number of hydrogen-bond acceptors (Lipinski definition) is 7. The lowest BCUT2D eigenvalue weighted by molar-refractivity contribution is -0.131. The third-order valence-electron chi connectivity index (χ3n) is 3.88. The van der Waals surface area contributed by atoms with E-state index in [0.29, 0.717) is 18.1 Å². The van der Waals surface area contributed by atoms with Crippen molar-refractivity contribution in [2.75, 3.05) is 36.2 Å². The maximum Gasteiger partial charge on any atom is 0.235 e. The molecular formula is C15H24N4O5S2. The van der Waals surface area contributed by atoms with Crippen LogP contribution in [0.25, 0.3) is 0 Å². The van der Waals surface area contributed by atoms with E-state index in [1.165, 1.54) is 11.8 Å². The molecule has 2 heterocycles. The van der Waals surface area contributed by atoms with Crippen molar-refractivity contribution < 1.29 is 22.5 Å². The Morgan fingerprint density at radius 2 is 2.15 bits per heavy atom. The summed E-state index contributed by atoms with van der Waals surface area (Å²) in [6.45, 7) is 2.56. The highest BCUT2D eigenvalue weighted by Crippen LogP contribution is 2.18. The lowest BCUT2D eigenvalue weighted by atomic mass is 10.0. The van der Waals surface area contributed by atoms with Crippen molar-refractivity contribution in [2.24, 2.45) is 0 Å². The number of sulfonamides is 1. The van der Waals surface area contributed by atoms with Gasteiger partial charge in [0.15, 0.2) is 5.82 Å². The summed E-state index contributed by atoms with van der Waals surface area (Å²) in [6.07, 6.45) is 3.74. The Morgan fingerprint density at radius 1 is 1.38 bits per heavy atom. The molecule has 1 aliphatic heterocycles. The van der Waals surface area contributed by atoms with E-state index in [4.69, 9.17) is 4.52 Å².